The molecule has 7 heteroatoms. The van der Waals surface area contributed by atoms with E-state index in [4.69, 9.17) is 5.11 Å². The van der Waals surface area contributed by atoms with E-state index in [0.717, 1.165) is 12.8 Å². The van der Waals surface area contributed by atoms with Crippen LogP contribution in [-0.4, -0.2) is 30.6 Å². The molecule has 1 fully saturated rings. The van der Waals surface area contributed by atoms with Crippen molar-refractivity contribution >= 4 is 16.0 Å². The Bertz CT molecular complexity index is 626. The molecule has 2 N–H and O–H groups in total. The molecule has 6 nitrogen and oxygen atoms in total. The number of rotatable bonds is 6. The third-order valence-electron chi connectivity index (χ3n) is 2.86. The second-order valence-corrected chi connectivity index (χ2v) is 6.55. The van der Waals surface area contributed by atoms with E-state index in [1.807, 2.05) is 0 Å². The van der Waals surface area contributed by atoms with E-state index in [0.29, 0.717) is 5.57 Å². The van der Waals surface area contributed by atoms with Crippen LogP contribution in [0.4, 0.5) is 0 Å². The molecule has 0 aliphatic heterocycles. The van der Waals surface area contributed by atoms with E-state index in [2.05, 4.69) is 11.3 Å². The van der Waals surface area contributed by atoms with Crippen molar-refractivity contribution in [3.05, 3.63) is 30.1 Å². The Kier molecular flexibility index (Phi) is 3.51. The molecule has 104 valence electrons. The van der Waals surface area contributed by atoms with Gasteiger partial charge in [0.2, 0.25) is 10.0 Å². The number of carbonyl (C=O) groups is 1. The van der Waals surface area contributed by atoms with Gasteiger partial charge in [0.1, 0.15) is 10.6 Å². The lowest BCUT2D eigenvalue weighted by Crippen LogP contribution is -2.24. The fourth-order valence-electron chi connectivity index (χ4n) is 1.73. The van der Waals surface area contributed by atoms with Crippen LogP contribution in [0.5, 0.6) is 0 Å². The van der Waals surface area contributed by atoms with Gasteiger partial charge in [0.25, 0.3) is 0 Å². The average Bonchev–Trinajstić information content (AvgIpc) is 3.04. The highest BCUT2D eigenvalue weighted by molar-refractivity contribution is 7.89. The van der Waals surface area contributed by atoms with E-state index in [9.17, 15) is 13.2 Å². The summed E-state index contributed by atoms with van der Waals surface area (Å²) in [6, 6.07) is 1.30. The lowest BCUT2D eigenvalue weighted by molar-refractivity contribution is 0.0685. The third kappa shape index (κ3) is 3.05. The van der Waals surface area contributed by atoms with Gasteiger partial charge in [-0.3, -0.25) is 0 Å². The molecule has 1 aromatic heterocycles. The van der Waals surface area contributed by atoms with E-state index >= 15 is 0 Å². The number of aromatic nitrogens is 1. The Morgan fingerprint density at radius 2 is 2.21 bits per heavy atom. The maximum Gasteiger partial charge on any atom is 0.352 e. The minimum atomic E-state index is -3.69. The van der Waals surface area contributed by atoms with Crippen molar-refractivity contribution < 1.29 is 18.3 Å². The molecule has 1 aromatic rings. The van der Waals surface area contributed by atoms with Gasteiger partial charge in [-0.2, -0.15) is 0 Å². The largest absolute Gasteiger partial charge is 0.477 e. The van der Waals surface area contributed by atoms with Crippen LogP contribution in [0.25, 0.3) is 0 Å². The fourth-order valence-corrected chi connectivity index (χ4v) is 2.85. The minimum Gasteiger partial charge on any atom is -0.477 e. The summed E-state index contributed by atoms with van der Waals surface area (Å²) in [5, 5.41) is 9.09. The summed E-state index contributed by atoms with van der Waals surface area (Å²) >= 11 is 0. The van der Waals surface area contributed by atoms with E-state index < -0.39 is 16.0 Å². The highest BCUT2D eigenvalue weighted by Crippen LogP contribution is 2.37. The highest BCUT2D eigenvalue weighted by atomic mass is 32.2. The molecular formula is C12H16N2O4S. The van der Waals surface area contributed by atoms with Gasteiger partial charge in [0, 0.05) is 18.8 Å². The summed E-state index contributed by atoms with van der Waals surface area (Å²) in [5.41, 5.74) is 0.696. The van der Waals surface area contributed by atoms with Gasteiger partial charge in [-0.05, 0) is 25.8 Å². The number of carboxylic acid groups (broad SMARTS) is 1. The van der Waals surface area contributed by atoms with Crippen LogP contribution in [0.3, 0.4) is 0 Å². The molecule has 0 amide bonds. The first-order valence-electron chi connectivity index (χ1n) is 5.90. The standard InChI is InChI=1S/C12H16N2O4S/c1-8(2)6-13-19(17,18)10-5-11(12(15)16)14(7-10)9-3-4-9/h5,7,9,13H,1,3-4,6H2,2H3,(H,15,16). The molecule has 1 aliphatic rings. The summed E-state index contributed by atoms with van der Waals surface area (Å²) in [5.74, 6) is -1.12. The van der Waals surface area contributed by atoms with Gasteiger partial charge in [-0.1, -0.05) is 12.2 Å². The maximum atomic E-state index is 12.0. The van der Waals surface area contributed by atoms with Crippen LogP contribution in [0.15, 0.2) is 29.3 Å². The predicted octanol–water partition coefficient (Wildman–Crippen LogP) is 1.38. The minimum absolute atomic E-state index is 0.0122. The van der Waals surface area contributed by atoms with Crippen molar-refractivity contribution in [2.45, 2.75) is 30.7 Å². The molecule has 0 unspecified atom stereocenters. The predicted molar refractivity (Wildman–Crippen MR) is 69.7 cm³/mol. The first kappa shape index (κ1) is 13.8. The molecule has 0 saturated heterocycles. The average molecular weight is 284 g/mol. The van der Waals surface area contributed by atoms with Crippen LogP contribution >= 0.6 is 0 Å². The number of aromatic carboxylic acids is 1. The molecule has 0 radical (unpaired) electrons. The number of hydrogen-bond acceptors (Lipinski definition) is 3. The molecule has 0 atom stereocenters. The van der Waals surface area contributed by atoms with Crippen molar-refractivity contribution in [3.8, 4) is 0 Å². The van der Waals surface area contributed by atoms with Crippen molar-refractivity contribution in [3.63, 3.8) is 0 Å². The van der Waals surface area contributed by atoms with Crippen molar-refractivity contribution in [1.82, 2.24) is 9.29 Å². The van der Waals surface area contributed by atoms with Gasteiger partial charge >= 0.3 is 5.97 Å². The smallest absolute Gasteiger partial charge is 0.352 e. The van der Waals surface area contributed by atoms with Crippen molar-refractivity contribution in [1.29, 1.82) is 0 Å². The fraction of sp³-hybridized carbons (Fsp3) is 0.417. The van der Waals surface area contributed by atoms with E-state index in [1.54, 1.807) is 6.92 Å². The third-order valence-corrected chi connectivity index (χ3v) is 4.23. The van der Waals surface area contributed by atoms with E-state index in [1.165, 1.54) is 16.8 Å². The van der Waals surface area contributed by atoms with Crippen LogP contribution in [-0.2, 0) is 10.0 Å². The normalized spacial score (nSPS) is 15.4. The highest BCUT2D eigenvalue weighted by Gasteiger charge is 2.30. The molecule has 1 saturated carbocycles. The summed E-state index contributed by atoms with van der Waals surface area (Å²) in [7, 11) is -3.69. The first-order chi connectivity index (χ1) is 8.81. The zero-order valence-corrected chi connectivity index (χ0v) is 11.4. The molecule has 0 spiro atoms. The number of nitrogens with zero attached hydrogens (tertiary/aromatic N) is 1. The first-order valence-corrected chi connectivity index (χ1v) is 7.39. The molecule has 0 aromatic carbocycles. The summed E-state index contributed by atoms with van der Waals surface area (Å²) in [4.78, 5) is 11.1. The number of hydrogen-bond donors (Lipinski definition) is 2. The Morgan fingerprint density at radius 3 is 2.68 bits per heavy atom. The zero-order chi connectivity index (χ0) is 14.2. The van der Waals surface area contributed by atoms with Crippen LogP contribution in [0.2, 0.25) is 0 Å². The topological polar surface area (TPSA) is 88.4 Å². The van der Waals surface area contributed by atoms with Crippen LogP contribution in [0.1, 0.15) is 36.3 Å². The summed E-state index contributed by atoms with van der Waals surface area (Å²) in [6.45, 7) is 5.46. The SMILES string of the molecule is C=C(C)CNS(=O)(=O)c1cc(C(=O)O)n(C2CC2)c1. The van der Waals surface area contributed by atoms with Crippen molar-refractivity contribution in [2.75, 3.05) is 6.54 Å². The Hall–Kier alpha value is -1.60. The van der Waals surface area contributed by atoms with E-state index in [-0.39, 0.29) is 23.2 Å². The van der Waals surface area contributed by atoms with Gasteiger partial charge < -0.3 is 9.67 Å². The molecule has 1 heterocycles. The van der Waals surface area contributed by atoms with Crippen LogP contribution < -0.4 is 4.72 Å². The van der Waals surface area contributed by atoms with Gasteiger partial charge in [0.15, 0.2) is 0 Å². The second kappa shape index (κ2) is 4.82. The molecular weight excluding hydrogens is 268 g/mol. The summed E-state index contributed by atoms with van der Waals surface area (Å²) in [6.07, 6.45) is 3.16. The molecule has 19 heavy (non-hydrogen) atoms. The van der Waals surface area contributed by atoms with Gasteiger partial charge in [-0.25, -0.2) is 17.9 Å². The zero-order valence-electron chi connectivity index (χ0n) is 10.6. The molecule has 1 aliphatic carbocycles. The lowest BCUT2D eigenvalue weighted by atomic mass is 10.4. The quantitative estimate of drug-likeness (QED) is 0.772. The summed E-state index contributed by atoms with van der Waals surface area (Å²) < 4.78 is 27.9. The number of nitrogens with one attached hydrogen (secondary N) is 1. The Morgan fingerprint density at radius 1 is 1.58 bits per heavy atom. The van der Waals surface area contributed by atoms with Crippen LogP contribution in [0, 0.1) is 0 Å². The monoisotopic (exact) mass is 284 g/mol. The lowest BCUT2D eigenvalue weighted by Gasteiger charge is -2.04. The maximum absolute atomic E-state index is 12.0. The van der Waals surface area contributed by atoms with Gasteiger partial charge in [-0.15, -0.1) is 0 Å². The van der Waals surface area contributed by atoms with Gasteiger partial charge in [0.05, 0.1) is 0 Å². The second-order valence-electron chi connectivity index (χ2n) is 4.79. The van der Waals surface area contributed by atoms with Crippen molar-refractivity contribution in [2.24, 2.45) is 0 Å². The number of carboxylic acids is 1. The Labute approximate surface area is 111 Å². The molecule has 0 bridgehead atoms. The Balaban J connectivity index is 2.32. The number of sulfonamides is 1. The molecule has 2 rings (SSSR count).